The second-order valence-electron chi connectivity index (χ2n) is 5.69. The van der Waals surface area contributed by atoms with Crippen LogP contribution < -0.4 is 10.6 Å². The number of carbonyl (C=O) groups is 1. The molecule has 2 atom stereocenters. The van der Waals surface area contributed by atoms with Gasteiger partial charge in [-0.25, -0.2) is 0 Å². The highest BCUT2D eigenvalue weighted by molar-refractivity contribution is 9.10. The summed E-state index contributed by atoms with van der Waals surface area (Å²) in [7, 11) is 0. The molecule has 2 aliphatic rings. The van der Waals surface area contributed by atoms with Crippen LogP contribution >= 0.6 is 15.9 Å². The van der Waals surface area contributed by atoms with Crippen molar-refractivity contribution in [2.24, 2.45) is 0 Å². The first-order valence-corrected chi connectivity index (χ1v) is 7.75. The predicted molar refractivity (Wildman–Crippen MR) is 79.3 cm³/mol. The monoisotopic (exact) mass is 322 g/mol. The number of fused-ring (bicyclic) bond motifs is 2. The second-order valence-corrected chi connectivity index (χ2v) is 6.55. The fraction of sp³-hybridized carbons (Fsp3) is 0.533. The van der Waals surface area contributed by atoms with E-state index in [2.05, 4.69) is 26.6 Å². The molecule has 2 aliphatic heterocycles. The highest BCUT2D eigenvalue weighted by Gasteiger charge is 2.34. The molecule has 2 unspecified atom stereocenters. The first kappa shape index (κ1) is 13.1. The summed E-state index contributed by atoms with van der Waals surface area (Å²) in [4.78, 5) is 12.4. The Bertz CT molecular complexity index is 491. The van der Waals surface area contributed by atoms with Crippen LogP contribution in [0.2, 0.25) is 0 Å². The van der Waals surface area contributed by atoms with E-state index in [0.29, 0.717) is 18.1 Å². The number of amides is 1. The van der Waals surface area contributed by atoms with E-state index in [1.165, 1.54) is 12.8 Å². The van der Waals surface area contributed by atoms with E-state index >= 15 is 0 Å². The van der Waals surface area contributed by atoms with Crippen LogP contribution in [0.15, 0.2) is 22.7 Å². The van der Waals surface area contributed by atoms with Crippen LogP contribution in [-0.4, -0.2) is 24.0 Å². The van der Waals surface area contributed by atoms with Crippen LogP contribution in [0.3, 0.4) is 0 Å². The quantitative estimate of drug-likeness (QED) is 0.879. The Morgan fingerprint density at radius 2 is 2.00 bits per heavy atom. The average Bonchev–Trinajstić information content (AvgIpc) is 2.72. The van der Waals surface area contributed by atoms with Crippen molar-refractivity contribution in [3.05, 3.63) is 33.8 Å². The van der Waals surface area contributed by atoms with Crippen molar-refractivity contribution in [1.29, 1.82) is 0 Å². The van der Waals surface area contributed by atoms with Crippen molar-refractivity contribution in [1.82, 2.24) is 10.6 Å². The van der Waals surface area contributed by atoms with Crippen LogP contribution in [0.25, 0.3) is 0 Å². The van der Waals surface area contributed by atoms with Gasteiger partial charge in [0.05, 0.1) is 0 Å². The third kappa shape index (κ3) is 2.70. The van der Waals surface area contributed by atoms with E-state index in [0.717, 1.165) is 28.4 Å². The molecule has 1 aromatic carbocycles. The molecule has 19 heavy (non-hydrogen) atoms. The van der Waals surface area contributed by atoms with Gasteiger partial charge in [0.1, 0.15) is 0 Å². The second kappa shape index (κ2) is 5.25. The maximum absolute atomic E-state index is 12.4. The van der Waals surface area contributed by atoms with Gasteiger partial charge < -0.3 is 10.6 Å². The lowest BCUT2D eigenvalue weighted by molar-refractivity contribution is 0.0923. The molecule has 1 amide bonds. The Hall–Kier alpha value is -0.870. The Balaban J connectivity index is 1.70. The maximum atomic E-state index is 12.4. The normalized spacial score (nSPS) is 29.3. The third-order valence-corrected chi connectivity index (χ3v) is 5.18. The van der Waals surface area contributed by atoms with Gasteiger partial charge in [-0.15, -0.1) is 0 Å². The zero-order valence-corrected chi connectivity index (χ0v) is 12.7. The van der Waals surface area contributed by atoms with Gasteiger partial charge in [-0.2, -0.15) is 0 Å². The fourth-order valence-electron chi connectivity index (χ4n) is 3.29. The molecule has 0 spiro atoms. The van der Waals surface area contributed by atoms with E-state index in [9.17, 15) is 4.79 Å². The largest absolute Gasteiger partial charge is 0.349 e. The summed E-state index contributed by atoms with van der Waals surface area (Å²) in [5.41, 5.74) is 1.79. The summed E-state index contributed by atoms with van der Waals surface area (Å²) in [5, 5.41) is 6.80. The van der Waals surface area contributed by atoms with Gasteiger partial charge in [0.25, 0.3) is 5.91 Å². The van der Waals surface area contributed by atoms with Gasteiger partial charge in [-0.3, -0.25) is 4.79 Å². The van der Waals surface area contributed by atoms with Crippen molar-refractivity contribution in [2.75, 3.05) is 0 Å². The molecule has 0 saturated carbocycles. The molecule has 0 radical (unpaired) electrons. The van der Waals surface area contributed by atoms with Crippen molar-refractivity contribution in [3.8, 4) is 0 Å². The maximum Gasteiger partial charge on any atom is 0.251 e. The van der Waals surface area contributed by atoms with Crippen molar-refractivity contribution < 1.29 is 4.79 Å². The summed E-state index contributed by atoms with van der Waals surface area (Å²) in [5.74, 6) is 0.0603. The lowest BCUT2D eigenvalue weighted by atomic mass is 9.99. The summed E-state index contributed by atoms with van der Waals surface area (Å²) in [6.07, 6.45) is 4.64. The Morgan fingerprint density at radius 1 is 1.32 bits per heavy atom. The van der Waals surface area contributed by atoms with E-state index in [-0.39, 0.29) is 5.91 Å². The molecular formula is C15H19BrN2O. The predicted octanol–water partition coefficient (Wildman–Crippen LogP) is 2.77. The molecular weight excluding hydrogens is 304 g/mol. The number of benzene rings is 1. The van der Waals surface area contributed by atoms with Crippen molar-refractivity contribution >= 4 is 21.8 Å². The zero-order chi connectivity index (χ0) is 13.4. The highest BCUT2D eigenvalue weighted by atomic mass is 79.9. The number of piperidine rings is 1. The summed E-state index contributed by atoms with van der Waals surface area (Å²) in [6.45, 7) is 1.98. The minimum absolute atomic E-state index is 0.0603. The average molecular weight is 323 g/mol. The molecule has 0 aliphatic carbocycles. The Kier molecular flexibility index (Phi) is 3.63. The van der Waals surface area contributed by atoms with Gasteiger partial charge in [-0.05, 0) is 50.3 Å². The summed E-state index contributed by atoms with van der Waals surface area (Å²) >= 11 is 3.48. The number of carbonyl (C=O) groups excluding carboxylic acids is 1. The van der Waals surface area contributed by atoms with Crippen LogP contribution in [0.1, 0.15) is 41.6 Å². The van der Waals surface area contributed by atoms with Gasteiger partial charge in [0, 0.05) is 28.2 Å². The van der Waals surface area contributed by atoms with Crippen LogP contribution in [0.5, 0.6) is 0 Å². The van der Waals surface area contributed by atoms with Gasteiger partial charge in [0.15, 0.2) is 0 Å². The smallest absolute Gasteiger partial charge is 0.251 e. The van der Waals surface area contributed by atoms with Crippen LogP contribution in [0, 0.1) is 6.92 Å². The van der Waals surface area contributed by atoms with Gasteiger partial charge in [0.2, 0.25) is 0 Å². The summed E-state index contributed by atoms with van der Waals surface area (Å²) < 4.78 is 0.991. The molecule has 2 N–H and O–H groups in total. The lowest BCUT2D eigenvalue weighted by Crippen LogP contribution is -2.48. The van der Waals surface area contributed by atoms with E-state index in [4.69, 9.17) is 0 Å². The van der Waals surface area contributed by atoms with E-state index in [1.807, 2.05) is 25.1 Å². The molecule has 2 bridgehead atoms. The van der Waals surface area contributed by atoms with Crippen LogP contribution in [-0.2, 0) is 0 Å². The Labute approximate surface area is 122 Å². The number of hydrogen-bond donors (Lipinski definition) is 2. The molecule has 4 heteroatoms. The first-order valence-electron chi connectivity index (χ1n) is 6.95. The fourth-order valence-corrected chi connectivity index (χ4v) is 3.66. The Morgan fingerprint density at radius 3 is 2.68 bits per heavy atom. The van der Waals surface area contributed by atoms with Crippen LogP contribution in [0.4, 0.5) is 0 Å². The molecule has 102 valence electrons. The number of rotatable bonds is 2. The van der Waals surface area contributed by atoms with E-state index < -0.39 is 0 Å². The van der Waals surface area contributed by atoms with Gasteiger partial charge in [-0.1, -0.05) is 22.0 Å². The minimum atomic E-state index is 0.0603. The first-order chi connectivity index (χ1) is 9.13. The molecule has 0 aromatic heterocycles. The molecule has 3 nitrogen and oxygen atoms in total. The summed E-state index contributed by atoms with van der Waals surface area (Å²) in [6, 6.07) is 7.31. The minimum Gasteiger partial charge on any atom is -0.349 e. The van der Waals surface area contributed by atoms with Crippen molar-refractivity contribution in [3.63, 3.8) is 0 Å². The molecule has 1 aromatic rings. The highest BCUT2D eigenvalue weighted by Crippen LogP contribution is 2.27. The lowest BCUT2D eigenvalue weighted by Gasteiger charge is -2.29. The van der Waals surface area contributed by atoms with Crippen molar-refractivity contribution in [2.45, 2.75) is 50.7 Å². The van der Waals surface area contributed by atoms with E-state index in [1.54, 1.807) is 0 Å². The third-order valence-electron chi connectivity index (χ3n) is 4.32. The number of halogens is 1. The zero-order valence-electron chi connectivity index (χ0n) is 11.1. The standard InChI is InChI=1S/C15H19BrN2O/c1-9-13(3-2-4-14(9)16)15(19)18-12-7-10-5-6-11(8-12)17-10/h2-4,10-12,17H,5-8H2,1H3,(H,18,19). The van der Waals surface area contributed by atoms with Gasteiger partial charge >= 0.3 is 0 Å². The number of hydrogen-bond acceptors (Lipinski definition) is 2. The molecule has 2 saturated heterocycles. The molecule has 2 heterocycles. The topological polar surface area (TPSA) is 41.1 Å². The molecule has 2 fully saturated rings. The molecule has 3 rings (SSSR count). The number of nitrogens with one attached hydrogen (secondary N) is 2. The SMILES string of the molecule is Cc1c(Br)cccc1C(=O)NC1CC2CCC(C1)N2.